The molecule has 1 amide bonds. The number of carbonyl (C=O) groups excluding carboxylic acids is 1. The standard InChI is InChI=1S/C24H21N7O2S/c1-30-6-5-19(24(30)32)33-20-8-14(15-10-28-31(2)11-15)7-18-22(20)23(26-12-25-18)29-16-3-4-17-21(9-16)34-13-27-17/h3-4,7-13,19H,5-6H2,1-2H3,(H,25,26,29)/t19-/m0/s1. The van der Waals surface area contributed by atoms with Crippen molar-refractivity contribution in [2.24, 2.45) is 7.05 Å². The molecule has 0 saturated carbocycles. The van der Waals surface area contributed by atoms with Gasteiger partial charge in [-0.15, -0.1) is 11.3 Å². The van der Waals surface area contributed by atoms with Crippen LogP contribution < -0.4 is 10.1 Å². The number of ether oxygens (including phenoxy) is 1. The monoisotopic (exact) mass is 471 g/mol. The fourth-order valence-corrected chi connectivity index (χ4v) is 4.92. The van der Waals surface area contributed by atoms with E-state index >= 15 is 0 Å². The molecule has 34 heavy (non-hydrogen) atoms. The number of hydrogen-bond donors (Lipinski definition) is 1. The fraction of sp³-hybridized carbons (Fsp3) is 0.208. The number of thiazole rings is 1. The lowest BCUT2D eigenvalue weighted by Crippen LogP contribution is -2.29. The maximum absolute atomic E-state index is 12.6. The first-order valence-corrected chi connectivity index (χ1v) is 11.7. The molecule has 6 rings (SSSR count). The Bertz CT molecular complexity index is 1540. The number of fused-ring (bicyclic) bond motifs is 2. The molecule has 1 N–H and O–H groups in total. The zero-order valence-corrected chi connectivity index (χ0v) is 19.4. The number of benzene rings is 2. The van der Waals surface area contributed by atoms with E-state index in [-0.39, 0.29) is 5.91 Å². The van der Waals surface area contributed by atoms with Crippen molar-refractivity contribution in [2.45, 2.75) is 12.5 Å². The van der Waals surface area contributed by atoms with Crippen molar-refractivity contribution < 1.29 is 9.53 Å². The van der Waals surface area contributed by atoms with Gasteiger partial charge in [-0.25, -0.2) is 15.0 Å². The van der Waals surface area contributed by atoms with Crippen LogP contribution in [0.15, 0.2) is 54.6 Å². The smallest absolute Gasteiger partial charge is 0.263 e. The number of nitrogens with zero attached hydrogens (tertiary/aromatic N) is 6. The van der Waals surface area contributed by atoms with Crippen LogP contribution in [0.5, 0.6) is 5.75 Å². The molecular formula is C24H21N7O2S. The summed E-state index contributed by atoms with van der Waals surface area (Å²) in [7, 11) is 3.67. The lowest BCUT2D eigenvalue weighted by Gasteiger charge is -2.17. The Kier molecular flexibility index (Phi) is 4.88. The normalized spacial score (nSPS) is 16.0. The number of likely N-dealkylation sites (tertiary alicyclic amines) is 1. The molecule has 1 aliphatic heterocycles. The summed E-state index contributed by atoms with van der Waals surface area (Å²) in [4.78, 5) is 27.7. The van der Waals surface area contributed by atoms with Crippen molar-refractivity contribution in [3.63, 3.8) is 0 Å². The Balaban J connectivity index is 1.47. The second-order valence-electron chi connectivity index (χ2n) is 8.31. The summed E-state index contributed by atoms with van der Waals surface area (Å²) in [6.07, 6.45) is 5.35. The first kappa shape index (κ1) is 20.5. The summed E-state index contributed by atoms with van der Waals surface area (Å²) >= 11 is 1.58. The van der Waals surface area contributed by atoms with Crippen LogP contribution >= 0.6 is 11.3 Å². The summed E-state index contributed by atoms with van der Waals surface area (Å²) in [5.41, 5.74) is 6.23. The van der Waals surface area contributed by atoms with Gasteiger partial charge in [-0.1, -0.05) is 0 Å². The molecule has 0 radical (unpaired) electrons. The number of hydrogen-bond acceptors (Lipinski definition) is 8. The molecule has 170 valence electrons. The molecule has 0 spiro atoms. The average molecular weight is 472 g/mol. The van der Waals surface area contributed by atoms with E-state index in [4.69, 9.17) is 4.74 Å². The van der Waals surface area contributed by atoms with Crippen LogP contribution in [0.2, 0.25) is 0 Å². The van der Waals surface area contributed by atoms with Crippen LogP contribution in [-0.4, -0.2) is 55.2 Å². The SMILES string of the molecule is CN1CC[C@H](Oc2cc(-c3cnn(C)c3)cc3ncnc(Nc4ccc5ncsc5c4)c23)C1=O. The van der Waals surface area contributed by atoms with Crippen LogP contribution in [0.3, 0.4) is 0 Å². The Morgan fingerprint density at radius 2 is 2.00 bits per heavy atom. The summed E-state index contributed by atoms with van der Waals surface area (Å²) in [5.74, 6) is 1.15. The van der Waals surface area contributed by atoms with Gasteiger partial charge in [0.2, 0.25) is 0 Å². The highest BCUT2D eigenvalue weighted by molar-refractivity contribution is 7.16. The minimum Gasteiger partial charge on any atom is -0.480 e. The van der Waals surface area contributed by atoms with Gasteiger partial charge in [0.25, 0.3) is 5.91 Å². The molecule has 1 atom stereocenters. The van der Waals surface area contributed by atoms with Gasteiger partial charge in [-0.3, -0.25) is 9.48 Å². The van der Waals surface area contributed by atoms with E-state index in [1.165, 1.54) is 6.33 Å². The van der Waals surface area contributed by atoms with Crippen molar-refractivity contribution in [2.75, 3.05) is 18.9 Å². The van der Waals surface area contributed by atoms with E-state index in [0.29, 0.717) is 30.0 Å². The number of likely N-dealkylation sites (N-methyl/N-ethyl adjacent to an activating group) is 1. The van der Waals surface area contributed by atoms with Crippen LogP contribution in [0.25, 0.3) is 32.2 Å². The van der Waals surface area contributed by atoms with Crippen molar-refractivity contribution in [3.8, 4) is 16.9 Å². The van der Waals surface area contributed by atoms with Gasteiger partial charge < -0.3 is 15.0 Å². The third-order valence-electron chi connectivity index (χ3n) is 5.98. The molecule has 0 bridgehead atoms. The van der Waals surface area contributed by atoms with E-state index in [2.05, 4.69) is 25.4 Å². The molecule has 1 aliphatic rings. The maximum Gasteiger partial charge on any atom is 0.263 e. The molecule has 3 aromatic heterocycles. The number of aromatic nitrogens is 5. The second-order valence-corrected chi connectivity index (χ2v) is 9.19. The average Bonchev–Trinajstić information content (AvgIpc) is 3.56. The molecule has 0 unspecified atom stereocenters. The largest absolute Gasteiger partial charge is 0.480 e. The number of nitrogens with one attached hydrogen (secondary N) is 1. The lowest BCUT2D eigenvalue weighted by molar-refractivity contribution is -0.132. The highest BCUT2D eigenvalue weighted by atomic mass is 32.1. The van der Waals surface area contributed by atoms with Crippen LogP contribution in [-0.2, 0) is 11.8 Å². The second kappa shape index (κ2) is 8.07. The minimum absolute atomic E-state index is 0.0260. The number of rotatable bonds is 5. The molecule has 2 aromatic carbocycles. The summed E-state index contributed by atoms with van der Waals surface area (Å²) in [6.45, 7) is 0.667. The minimum atomic E-state index is -0.543. The number of carbonyl (C=O) groups is 1. The van der Waals surface area contributed by atoms with Gasteiger partial charge in [-0.2, -0.15) is 5.10 Å². The zero-order chi connectivity index (χ0) is 23.2. The topological polar surface area (TPSA) is 98.1 Å². The van der Waals surface area contributed by atoms with E-state index < -0.39 is 6.10 Å². The first-order valence-electron chi connectivity index (χ1n) is 10.8. The van der Waals surface area contributed by atoms with E-state index in [1.54, 1.807) is 34.2 Å². The Morgan fingerprint density at radius 3 is 2.79 bits per heavy atom. The molecular weight excluding hydrogens is 450 g/mol. The molecule has 0 aliphatic carbocycles. The molecule has 1 fully saturated rings. The Morgan fingerprint density at radius 1 is 1.09 bits per heavy atom. The zero-order valence-electron chi connectivity index (χ0n) is 18.6. The highest BCUT2D eigenvalue weighted by Crippen LogP contribution is 2.37. The quantitative estimate of drug-likeness (QED) is 0.414. The number of aryl methyl sites for hydroxylation is 1. The first-order chi connectivity index (χ1) is 16.5. The third kappa shape index (κ3) is 3.61. The van der Waals surface area contributed by atoms with Gasteiger partial charge in [-0.05, 0) is 35.9 Å². The van der Waals surface area contributed by atoms with E-state index in [9.17, 15) is 4.79 Å². The van der Waals surface area contributed by atoms with Gasteiger partial charge in [0.1, 0.15) is 17.9 Å². The number of amides is 1. The predicted molar refractivity (Wildman–Crippen MR) is 131 cm³/mol. The third-order valence-corrected chi connectivity index (χ3v) is 6.77. The molecule has 5 aromatic rings. The fourth-order valence-electron chi connectivity index (χ4n) is 4.20. The molecule has 4 heterocycles. The molecule has 9 nitrogen and oxygen atoms in total. The van der Waals surface area contributed by atoms with Gasteiger partial charge in [0, 0.05) is 44.5 Å². The molecule has 10 heteroatoms. The van der Waals surface area contributed by atoms with Crippen LogP contribution in [0.4, 0.5) is 11.5 Å². The van der Waals surface area contributed by atoms with Crippen LogP contribution in [0.1, 0.15) is 6.42 Å². The van der Waals surface area contributed by atoms with E-state index in [0.717, 1.165) is 32.4 Å². The van der Waals surface area contributed by atoms with E-state index in [1.807, 2.05) is 49.1 Å². The predicted octanol–water partition coefficient (Wildman–Crippen LogP) is 3.99. The van der Waals surface area contributed by atoms with Gasteiger partial charge in [0.05, 0.1) is 32.8 Å². The van der Waals surface area contributed by atoms with Crippen LogP contribution in [0, 0.1) is 0 Å². The highest BCUT2D eigenvalue weighted by Gasteiger charge is 2.31. The summed E-state index contributed by atoms with van der Waals surface area (Å²) < 4.78 is 9.16. The van der Waals surface area contributed by atoms with Gasteiger partial charge >= 0.3 is 0 Å². The lowest BCUT2D eigenvalue weighted by atomic mass is 10.1. The molecule has 1 saturated heterocycles. The van der Waals surface area contributed by atoms with Gasteiger partial charge in [0.15, 0.2) is 6.10 Å². The van der Waals surface area contributed by atoms with Crippen molar-refractivity contribution in [1.29, 1.82) is 0 Å². The Hall–Kier alpha value is -4.05. The summed E-state index contributed by atoms with van der Waals surface area (Å²) in [6, 6.07) is 9.91. The van der Waals surface area contributed by atoms with Crippen molar-refractivity contribution >= 4 is 49.9 Å². The number of anilines is 2. The Labute approximate surface area is 199 Å². The van der Waals surface area contributed by atoms with Crippen molar-refractivity contribution in [1.82, 2.24) is 29.6 Å². The summed E-state index contributed by atoms with van der Waals surface area (Å²) in [5, 5.41) is 8.43. The maximum atomic E-state index is 12.6. The van der Waals surface area contributed by atoms with Crippen molar-refractivity contribution in [3.05, 3.63) is 54.6 Å².